The smallest absolute Gasteiger partial charge is 0.338 e. The zero-order valence-electron chi connectivity index (χ0n) is 13.9. The van der Waals surface area contributed by atoms with Crippen LogP contribution < -0.4 is 25.2 Å². The Kier molecular flexibility index (Phi) is 4.30. The fraction of sp³-hybridized carbons (Fsp3) is 0.0500. The topological polar surface area (TPSA) is 62.8 Å². The molecule has 2 amide bonds. The summed E-state index contributed by atoms with van der Waals surface area (Å²) in [5.74, 6) is 1.29. The number of amides is 2. The Bertz CT molecular complexity index is 861. The Hall–Kier alpha value is -3.67. The van der Waals surface area contributed by atoms with E-state index in [1.807, 2.05) is 60.7 Å². The van der Waals surface area contributed by atoms with Crippen LogP contribution in [0.1, 0.15) is 0 Å². The van der Waals surface area contributed by atoms with Crippen LogP contribution in [0, 0.1) is 0 Å². The molecule has 0 aliphatic carbocycles. The summed E-state index contributed by atoms with van der Waals surface area (Å²) >= 11 is 0. The van der Waals surface area contributed by atoms with Crippen LogP contribution in [0.15, 0.2) is 78.9 Å². The first kappa shape index (κ1) is 15.8. The maximum absolute atomic E-state index is 12.5. The van der Waals surface area contributed by atoms with Crippen molar-refractivity contribution in [2.75, 3.05) is 17.1 Å². The Balaban J connectivity index is 1.53. The molecule has 26 heavy (non-hydrogen) atoms. The van der Waals surface area contributed by atoms with Crippen LogP contribution in [0.4, 0.5) is 21.9 Å². The predicted molar refractivity (Wildman–Crippen MR) is 99.7 cm³/mol. The summed E-state index contributed by atoms with van der Waals surface area (Å²) in [7, 11) is 0. The van der Waals surface area contributed by atoms with Crippen molar-refractivity contribution < 1.29 is 14.3 Å². The molecule has 0 atom stereocenters. The third-order valence-corrected chi connectivity index (χ3v) is 3.87. The van der Waals surface area contributed by atoms with Gasteiger partial charge in [0.1, 0.15) is 0 Å². The van der Waals surface area contributed by atoms with Gasteiger partial charge in [-0.25, -0.2) is 10.2 Å². The molecule has 1 heterocycles. The lowest BCUT2D eigenvalue weighted by Crippen LogP contribution is -2.41. The number of carbonyl (C=O) groups excluding carboxylic acids is 1. The second-order valence-corrected chi connectivity index (χ2v) is 5.64. The van der Waals surface area contributed by atoms with Crippen molar-refractivity contribution >= 4 is 23.1 Å². The van der Waals surface area contributed by atoms with Crippen molar-refractivity contribution in [2.24, 2.45) is 0 Å². The summed E-state index contributed by atoms with van der Waals surface area (Å²) in [5.41, 5.74) is 5.19. The molecule has 3 aromatic carbocycles. The van der Waals surface area contributed by atoms with E-state index < -0.39 is 0 Å². The highest BCUT2D eigenvalue weighted by atomic mass is 16.7. The van der Waals surface area contributed by atoms with Crippen molar-refractivity contribution in [1.29, 1.82) is 0 Å². The lowest BCUT2D eigenvalue weighted by Gasteiger charge is -2.25. The maximum Gasteiger partial charge on any atom is 0.338 e. The molecule has 0 fully saturated rings. The highest BCUT2D eigenvalue weighted by molar-refractivity contribution is 5.91. The first-order valence-corrected chi connectivity index (χ1v) is 8.17. The fourth-order valence-electron chi connectivity index (χ4n) is 2.67. The van der Waals surface area contributed by atoms with Crippen LogP contribution >= 0.6 is 0 Å². The van der Waals surface area contributed by atoms with Gasteiger partial charge < -0.3 is 14.8 Å². The first-order valence-electron chi connectivity index (χ1n) is 8.17. The quantitative estimate of drug-likeness (QED) is 0.691. The average Bonchev–Trinajstić information content (AvgIpc) is 3.15. The van der Waals surface area contributed by atoms with Gasteiger partial charge in [0.15, 0.2) is 11.5 Å². The number of hydrazine groups is 1. The van der Waals surface area contributed by atoms with Crippen molar-refractivity contribution in [3.8, 4) is 11.5 Å². The van der Waals surface area contributed by atoms with E-state index >= 15 is 0 Å². The summed E-state index contributed by atoms with van der Waals surface area (Å²) in [6.07, 6.45) is 0. The normalized spacial score (nSPS) is 11.7. The van der Waals surface area contributed by atoms with Gasteiger partial charge in [-0.05, 0) is 36.4 Å². The van der Waals surface area contributed by atoms with Gasteiger partial charge in [-0.2, -0.15) is 0 Å². The van der Waals surface area contributed by atoms with E-state index in [0.29, 0.717) is 17.2 Å². The van der Waals surface area contributed by atoms with E-state index in [2.05, 4.69) is 10.7 Å². The van der Waals surface area contributed by atoms with Gasteiger partial charge in [0.25, 0.3) is 0 Å². The van der Waals surface area contributed by atoms with Crippen LogP contribution in [0.2, 0.25) is 0 Å². The molecule has 0 spiro atoms. The van der Waals surface area contributed by atoms with Crippen LogP contribution in [0.3, 0.4) is 0 Å². The standard InChI is InChI=1S/C20H17N3O3/c24-20(21-15-11-12-18-19(13-15)26-14-25-18)22-23(16-7-3-1-4-8-16)17-9-5-2-6-10-17/h1-13H,14H2,(H2,21,22,24). The second kappa shape index (κ2) is 7.06. The number of hydrogen-bond acceptors (Lipinski definition) is 4. The lowest BCUT2D eigenvalue weighted by molar-refractivity contribution is 0.174. The van der Waals surface area contributed by atoms with Gasteiger partial charge in [-0.1, -0.05) is 36.4 Å². The molecule has 0 radical (unpaired) electrons. The highest BCUT2D eigenvalue weighted by Crippen LogP contribution is 2.34. The van der Waals surface area contributed by atoms with Crippen LogP contribution in [-0.2, 0) is 0 Å². The number of ether oxygens (including phenoxy) is 2. The molecule has 6 nitrogen and oxygen atoms in total. The summed E-state index contributed by atoms with van der Waals surface area (Å²) in [4.78, 5) is 12.5. The number of rotatable bonds is 4. The van der Waals surface area contributed by atoms with E-state index in [4.69, 9.17) is 9.47 Å². The summed E-state index contributed by atoms with van der Waals surface area (Å²) in [6.45, 7) is 0.195. The average molecular weight is 347 g/mol. The first-order chi connectivity index (χ1) is 12.8. The number of anilines is 3. The van der Waals surface area contributed by atoms with Crippen LogP contribution in [0.5, 0.6) is 11.5 Å². The second-order valence-electron chi connectivity index (χ2n) is 5.64. The van der Waals surface area contributed by atoms with Gasteiger partial charge >= 0.3 is 6.03 Å². The molecule has 2 N–H and O–H groups in total. The molecular weight excluding hydrogens is 330 g/mol. The highest BCUT2D eigenvalue weighted by Gasteiger charge is 2.16. The number of benzene rings is 3. The SMILES string of the molecule is O=C(Nc1ccc2c(c1)OCO2)NN(c1ccccc1)c1ccccc1. The number of para-hydroxylation sites is 2. The zero-order chi connectivity index (χ0) is 17.8. The lowest BCUT2D eigenvalue weighted by atomic mass is 10.2. The number of nitrogens with zero attached hydrogens (tertiary/aromatic N) is 1. The maximum atomic E-state index is 12.5. The van der Waals surface area contributed by atoms with Gasteiger partial charge in [-0.15, -0.1) is 0 Å². The summed E-state index contributed by atoms with van der Waals surface area (Å²) in [6, 6.07) is 24.1. The van der Waals surface area contributed by atoms with Crippen molar-refractivity contribution in [1.82, 2.24) is 5.43 Å². The molecule has 0 aromatic heterocycles. The van der Waals surface area contributed by atoms with E-state index in [1.165, 1.54) is 0 Å². The molecule has 0 saturated heterocycles. The monoisotopic (exact) mass is 347 g/mol. The Morgan fingerprint density at radius 2 is 1.42 bits per heavy atom. The minimum Gasteiger partial charge on any atom is -0.454 e. The van der Waals surface area contributed by atoms with Gasteiger partial charge in [-0.3, -0.25) is 5.01 Å². The third-order valence-electron chi connectivity index (χ3n) is 3.87. The molecule has 1 aliphatic heterocycles. The van der Waals surface area contributed by atoms with Gasteiger partial charge in [0.2, 0.25) is 6.79 Å². The van der Waals surface area contributed by atoms with Crippen molar-refractivity contribution in [2.45, 2.75) is 0 Å². The zero-order valence-corrected chi connectivity index (χ0v) is 13.9. The van der Waals surface area contributed by atoms with Gasteiger partial charge in [0, 0.05) is 11.8 Å². The van der Waals surface area contributed by atoms with E-state index in [0.717, 1.165) is 11.4 Å². The molecule has 6 heteroatoms. The Morgan fingerprint density at radius 1 is 0.808 bits per heavy atom. The molecule has 3 aromatic rings. The Morgan fingerprint density at radius 3 is 2.08 bits per heavy atom. The Labute approximate surface area is 150 Å². The number of hydrogen-bond donors (Lipinski definition) is 2. The molecular formula is C20H17N3O3. The third kappa shape index (κ3) is 3.39. The summed E-state index contributed by atoms with van der Waals surface area (Å²) < 4.78 is 10.6. The minimum atomic E-state index is -0.364. The van der Waals surface area contributed by atoms with Crippen LogP contribution in [-0.4, -0.2) is 12.8 Å². The van der Waals surface area contributed by atoms with Gasteiger partial charge in [0.05, 0.1) is 11.4 Å². The van der Waals surface area contributed by atoms with E-state index in [9.17, 15) is 4.79 Å². The molecule has 1 aliphatic rings. The molecule has 0 saturated carbocycles. The van der Waals surface area contributed by atoms with E-state index in [-0.39, 0.29) is 12.8 Å². The van der Waals surface area contributed by atoms with Crippen LogP contribution in [0.25, 0.3) is 0 Å². The number of fused-ring (bicyclic) bond motifs is 1. The molecule has 4 rings (SSSR count). The minimum absolute atomic E-state index is 0.195. The molecule has 0 bridgehead atoms. The number of urea groups is 1. The fourth-order valence-corrected chi connectivity index (χ4v) is 2.67. The number of carbonyl (C=O) groups is 1. The van der Waals surface area contributed by atoms with E-state index in [1.54, 1.807) is 23.2 Å². The van der Waals surface area contributed by atoms with Crippen molar-refractivity contribution in [3.05, 3.63) is 78.9 Å². The summed E-state index contributed by atoms with van der Waals surface area (Å²) in [5, 5.41) is 4.54. The number of nitrogens with one attached hydrogen (secondary N) is 2. The molecule has 130 valence electrons. The predicted octanol–water partition coefficient (Wildman–Crippen LogP) is 4.29. The largest absolute Gasteiger partial charge is 0.454 e. The van der Waals surface area contributed by atoms with Crippen molar-refractivity contribution in [3.63, 3.8) is 0 Å². The molecule has 0 unspecified atom stereocenters.